The maximum Gasteiger partial charge on any atom is 0.217 e. The molecule has 2 heteroatoms. The van der Waals surface area contributed by atoms with Crippen molar-refractivity contribution in [2.24, 2.45) is 5.73 Å². The summed E-state index contributed by atoms with van der Waals surface area (Å²) in [5, 5.41) is 0. The minimum absolute atomic E-state index is 0.229. The Balaban J connectivity index is 2.41. The van der Waals surface area contributed by atoms with E-state index in [1.165, 1.54) is 5.57 Å². The summed E-state index contributed by atoms with van der Waals surface area (Å²) in [7, 11) is 0. The second-order valence-corrected chi connectivity index (χ2v) is 2.81. The first kappa shape index (κ1) is 8.78. The highest BCUT2D eigenvalue weighted by atomic mass is 16.1. The summed E-state index contributed by atoms with van der Waals surface area (Å²) in [5.41, 5.74) is 6.31. The van der Waals surface area contributed by atoms with E-state index in [1.807, 2.05) is 24.3 Å². The first-order chi connectivity index (χ1) is 5.79. The van der Waals surface area contributed by atoms with E-state index in [9.17, 15) is 4.79 Å². The van der Waals surface area contributed by atoms with Gasteiger partial charge in [-0.1, -0.05) is 36.0 Å². The van der Waals surface area contributed by atoms with Crippen molar-refractivity contribution in [3.8, 4) is 0 Å². The van der Waals surface area contributed by atoms with Crippen molar-refractivity contribution in [2.45, 2.75) is 19.3 Å². The van der Waals surface area contributed by atoms with E-state index in [0.29, 0.717) is 6.42 Å². The third-order valence-corrected chi connectivity index (χ3v) is 1.76. The van der Waals surface area contributed by atoms with Crippen LogP contribution in [-0.2, 0) is 4.79 Å². The summed E-state index contributed by atoms with van der Waals surface area (Å²) in [4.78, 5) is 10.5. The maximum atomic E-state index is 10.5. The second kappa shape index (κ2) is 4.54. The standard InChI is InChI=1S/C10H13NO/c11-10(12)8-7-9-5-3-1-2-4-6-9/h1-5H,6-8H2,(H2,11,12). The minimum Gasteiger partial charge on any atom is -0.370 e. The first-order valence-electron chi connectivity index (χ1n) is 4.08. The van der Waals surface area contributed by atoms with Crippen molar-refractivity contribution in [2.75, 3.05) is 0 Å². The molecule has 0 fully saturated rings. The lowest BCUT2D eigenvalue weighted by atomic mass is 10.1. The van der Waals surface area contributed by atoms with Crippen LogP contribution in [-0.4, -0.2) is 5.91 Å². The van der Waals surface area contributed by atoms with Gasteiger partial charge in [-0.3, -0.25) is 4.79 Å². The fraction of sp³-hybridized carbons (Fsp3) is 0.300. The molecule has 0 heterocycles. The molecule has 12 heavy (non-hydrogen) atoms. The molecule has 0 aliphatic heterocycles. The van der Waals surface area contributed by atoms with Crippen molar-refractivity contribution in [3.63, 3.8) is 0 Å². The summed E-state index contributed by atoms with van der Waals surface area (Å²) in [6.45, 7) is 0. The van der Waals surface area contributed by atoms with Crippen LogP contribution in [0.2, 0.25) is 0 Å². The van der Waals surface area contributed by atoms with Crippen LogP contribution in [0.3, 0.4) is 0 Å². The van der Waals surface area contributed by atoms with E-state index in [1.54, 1.807) is 0 Å². The summed E-state index contributed by atoms with van der Waals surface area (Å²) in [6.07, 6.45) is 12.3. The van der Waals surface area contributed by atoms with Gasteiger partial charge in [0.1, 0.15) is 0 Å². The van der Waals surface area contributed by atoms with Gasteiger partial charge in [0, 0.05) is 6.42 Å². The molecule has 1 aliphatic carbocycles. The van der Waals surface area contributed by atoms with Crippen molar-refractivity contribution in [3.05, 3.63) is 36.0 Å². The summed E-state index contributed by atoms with van der Waals surface area (Å²) in [5.74, 6) is -0.229. The van der Waals surface area contributed by atoms with Gasteiger partial charge in [0.05, 0.1) is 0 Å². The predicted octanol–water partition coefficient (Wildman–Crippen LogP) is 1.69. The zero-order valence-electron chi connectivity index (χ0n) is 6.99. The van der Waals surface area contributed by atoms with Gasteiger partial charge in [-0.25, -0.2) is 0 Å². The Morgan fingerprint density at radius 2 is 2.25 bits per heavy atom. The Morgan fingerprint density at radius 3 is 3.00 bits per heavy atom. The fourth-order valence-electron chi connectivity index (χ4n) is 1.09. The van der Waals surface area contributed by atoms with Crippen LogP contribution in [0.4, 0.5) is 0 Å². The number of nitrogens with two attached hydrogens (primary N) is 1. The number of hydrogen-bond acceptors (Lipinski definition) is 1. The van der Waals surface area contributed by atoms with E-state index < -0.39 is 0 Å². The lowest BCUT2D eigenvalue weighted by molar-refractivity contribution is -0.117. The summed E-state index contributed by atoms with van der Waals surface area (Å²) >= 11 is 0. The topological polar surface area (TPSA) is 43.1 Å². The van der Waals surface area contributed by atoms with Gasteiger partial charge in [0.15, 0.2) is 0 Å². The van der Waals surface area contributed by atoms with Crippen molar-refractivity contribution in [1.29, 1.82) is 0 Å². The highest BCUT2D eigenvalue weighted by molar-refractivity contribution is 5.74. The molecule has 0 aromatic heterocycles. The SMILES string of the molecule is NC(=O)CCC1=CC=CC=CC1. The Hall–Kier alpha value is -1.31. The normalized spacial score (nSPS) is 15.5. The van der Waals surface area contributed by atoms with Crippen LogP contribution in [0, 0.1) is 0 Å². The third kappa shape index (κ3) is 3.19. The van der Waals surface area contributed by atoms with E-state index in [4.69, 9.17) is 5.73 Å². The van der Waals surface area contributed by atoms with Gasteiger partial charge >= 0.3 is 0 Å². The van der Waals surface area contributed by atoms with Gasteiger partial charge in [0.25, 0.3) is 0 Å². The molecule has 64 valence electrons. The van der Waals surface area contributed by atoms with Gasteiger partial charge in [-0.2, -0.15) is 0 Å². The molecule has 0 bridgehead atoms. The van der Waals surface area contributed by atoms with Gasteiger partial charge < -0.3 is 5.73 Å². The number of carbonyl (C=O) groups is 1. The van der Waals surface area contributed by atoms with Crippen molar-refractivity contribution >= 4 is 5.91 Å². The molecule has 0 atom stereocenters. The third-order valence-electron chi connectivity index (χ3n) is 1.76. The Morgan fingerprint density at radius 1 is 1.42 bits per heavy atom. The van der Waals surface area contributed by atoms with E-state index in [2.05, 4.69) is 6.08 Å². The number of amides is 1. The Labute approximate surface area is 72.5 Å². The number of carbonyl (C=O) groups excluding carboxylic acids is 1. The Bertz CT molecular complexity index is 249. The number of allylic oxidation sites excluding steroid dienone is 6. The molecule has 0 unspecified atom stereocenters. The lowest BCUT2D eigenvalue weighted by Crippen LogP contribution is -2.09. The summed E-state index contributed by atoms with van der Waals surface area (Å²) in [6, 6.07) is 0. The summed E-state index contributed by atoms with van der Waals surface area (Å²) < 4.78 is 0. The van der Waals surface area contributed by atoms with E-state index in [-0.39, 0.29) is 5.91 Å². The molecule has 1 amide bonds. The average molecular weight is 163 g/mol. The molecule has 1 aliphatic rings. The lowest BCUT2D eigenvalue weighted by Gasteiger charge is -1.99. The molecule has 2 N–H and O–H groups in total. The highest BCUT2D eigenvalue weighted by Gasteiger charge is 1.98. The van der Waals surface area contributed by atoms with Crippen molar-refractivity contribution in [1.82, 2.24) is 0 Å². The van der Waals surface area contributed by atoms with Crippen LogP contribution in [0.25, 0.3) is 0 Å². The van der Waals surface area contributed by atoms with Crippen LogP contribution >= 0.6 is 0 Å². The van der Waals surface area contributed by atoms with Crippen LogP contribution in [0.1, 0.15) is 19.3 Å². The average Bonchev–Trinajstić information content (AvgIpc) is 2.28. The second-order valence-electron chi connectivity index (χ2n) is 2.81. The number of hydrogen-bond donors (Lipinski definition) is 1. The molecule has 0 aromatic carbocycles. The molecule has 0 saturated heterocycles. The van der Waals surface area contributed by atoms with E-state index >= 15 is 0 Å². The van der Waals surface area contributed by atoms with E-state index in [0.717, 1.165) is 12.8 Å². The van der Waals surface area contributed by atoms with Crippen LogP contribution in [0.5, 0.6) is 0 Å². The molecule has 0 saturated carbocycles. The highest BCUT2D eigenvalue weighted by Crippen LogP contribution is 2.12. The van der Waals surface area contributed by atoms with Crippen LogP contribution in [0.15, 0.2) is 36.0 Å². The predicted molar refractivity (Wildman–Crippen MR) is 49.4 cm³/mol. The zero-order chi connectivity index (χ0) is 8.81. The number of rotatable bonds is 3. The first-order valence-corrected chi connectivity index (χ1v) is 4.08. The van der Waals surface area contributed by atoms with Crippen molar-refractivity contribution < 1.29 is 4.79 Å². The van der Waals surface area contributed by atoms with Gasteiger partial charge in [0.2, 0.25) is 5.91 Å². The molecule has 0 spiro atoms. The largest absolute Gasteiger partial charge is 0.370 e. The molecule has 2 nitrogen and oxygen atoms in total. The molecular weight excluding hydrogens is 150 g/mol. The molecule has 0 radical (unpaired) electrons. The monoisotopic (exact) mass is 163 g/mol. The van der Waals surface area contributed by atoms with Gasteiger partial charge in [-0.15, -0.1) is 0 Å². The number of primary amides is 1. The van der Waals surface area contributed by atoms with Crippen LogP contribution < -0.4 is 5.73 Å². The quantitative estimate of drug-likeness (QED) is 0.676. The maximum absolute atomic E-state index is 10.5. The van der Waals surface area contributed by atoms with Gasteiger partial charge in [-0.05, 0) is 12.8 Å². The zero-order valence-corrected chi connectivity index (χ0v) is 6.99. The Kier molecular flexibility index (Phi) is 3.33. The smallest absolute Gasteiger partial charge is 0.217 e. The molecule has 1 rings (SSSR count). The fourth-order valence-corrected chi connectivity index (χ4v) is 1.09. The molecular formula is C10H13NO. The minimum atomic E-state index is -0.229. The molecule has 0 aromatic rings.